The summed E-state index contributed by atoms with van der Waals surface area (Å²) < 4.78 is 7.22. The standard InChI is InChI=1S/C14H17N3O4/c1-16-4-5-21-10(7-16)8-17-12-6-9(13(18)19)2-3-11(12)15-14(17)20/h2-3,6,10H,4-5,7-8H2,1H3,(H,15,20)(H,18,19). The van der Waals surface area contributed by atoms with Crippen LogP contribution in [0.4, 0.5) is 0 Å². The van der Waals surface area contributed by atoms with Crippen molar-refractivity contribution in [1.82, 2.24) is 14.5 Å². The monoisotopic (exact) mass is 291 g/mol. The van der Waals surface area contributed by atoms with Crippen LogP contribution < -0.4 is 5.69 Å². The molecule has 1 aliphatic heterocycles. The number of benzene rings is 1. The van der Waals surface area contributed by atoms with E-state index >= 15 is 0 Å². The van der Waals surface area contributed by atoms with Gasteiger partial charge in [0.1, 0.15) is 0 Å². The zero-order chi connectivity index (χ0) is 15.0. The molecule has 1 unspecified atom stereocenters. The van der Waals surface area contributed by atoms with Crippen LogP contribution in [0, 0.1) is 0 Å². The maximum Gasteiger partial charge on any atom is 0.335 e. The number of H-pyrrole nitrogens is 1. The van der Waals surface area contributed by atoms with E-state index in [-0.39, 0.29) is 17.4 Å². The molecular weight excluding hydrogens is 274 g/mol. The molecule has 7 heteroatoms. The van der Waals surface area contributed by atoms with Crippen LogP contribution in [0.25, 0.3) is 11.0 Å². The Balaban J connectivity index is 1.96. The Morgan fingerprint density at radius 2 is 2.33 bits per heavy atom. The van der Waals surface area contributed by atoms with Crippen molar-refractivity contribution in [2.75, 3.05) is 26.7 Å². The normalized spacial score (nSPS) is 20.0. The number of fused-ring (bicyclic) bond motifs is 1. The van der Waals surface area contributed by atoms with Crippen molar-refractivity contribution in [1.29, 1.82) is 0 Å². The van der Waals surface area contributed by atoms with Crippen molar-refractivity contribution in [3.8, 4) is 0 Å². The predicted octanol–water partition coefficient (Wildman–Crippen LogP) is 0.358. The number of carboxylic acids is 1. The SMILES string of the molecule is CN1CCOC(Cn2c(=O)[nH]c3ccc(C(=O)O)cc32)C1. The van der Waals surface area contributed by atoms with Gasteiger partial charge in [-0.3, -0.25) is 4.57 Å². The smallest absolute Gasteiger partial charge is 0.335 e. The molecule has 21 heavy (non-hydrogen) atoms. The van der Waals surface area contributed by atoms with Crippen LogP contribution in [-0.2, 0) is 11.3 Å². The molecule has 1 fully saturated rings. The molecule has 0 bridgehead atoms. The Hall–Kier alpha value is -2.12. The average molecular weight is 291 g/mol. The van der Waals surface area contributed by atoms with E-state index in [0.29, 0.717) is 24.2 Å². The van der Waals surface area contributed by atoms with Gasteiger partial charge in [-0.2, -0.15) is 0 Å². The predicted molar refractivity (Wildman–Crippen MR) is 76.8 cm³/mol. The van der Waals surface area contributed by atoms with Gasteiger partial charge in [-0.15, -0.1) is 0 Å². The lowest BCUT2D eigenvalue weighted by molar-refractivity contribution is -0.0273. The van der Waals surface area contributed by atoms with Crippen LogP contribution in [0.1, 0.15) is 10.4 Å². The molecule has 2 N–H and O–H groups in total. The van der Waals surface area contributed by atoms with Crippen molar-refractivity contribution in [2.45, 2.75) is 12.6 Å². The number of nitrogens with one attached hydrogen (secondary N) is 1. The minimum absolute atomic E-state index is 0.0751. The van der Waals surface area contributed by atoms with Gasteiger partial charge in [0.15, 0.2) is 0 Å². The molecule has 2 aromatic rings. The van der Waals surface area contributed by atoms with E-state index in [1.165, 1.54) is 12.1 Å². The summed E-state index contributed by atoms with van der Waals surface area (Å²) in [7, 11) is 2.01. The van der Waals surface area contributed by atoms with Crippen LogP contribution in [0.2, 0.25) is 0 Å². The lowest BCUT2D eigenvalue weighted by atomic mass is 10.2. The Bertz CT molecular complexity index is 733. The molecular formula is C14H17N3O4. The van der Waals surface area contributed by atoms with Gasteiger partial charge < -0.3 is 19.7 Å². The minimum Gasteiger partial charge on any atom is -0.478 e. The third-order valence-corrected chi connectivity index (χ3v) is 3.75. The van der Waals surface area contributed by atoms with Gasteiger partial charge in [-0.05, 0) is 25.2 Å². The lowest BCUT2D eigenvalue weighted by Crippen LogP contribution is -2.43. The van der Waals surface area contributed by atoms with E-state index in [0.717, 1.165) is 13.1 Å². The number of aromatic amines is 1. The molecule has 2 heterocycles. The van der Waals surface area contributed by atoms with E-state index < -0.39 is 5.97 Å². The van der Waals surface area contributed by atoms with Crippen molar-refractivity contribution >= 4 is 17.0 Å². The number of carbonyl (C=O) groups is 1. The number of likely N-dealkylation sites (N-methyl/N-ethyl adjacent to an activating group) is 1. The van der Waals surface area contributed by atoms with Crippen LogP contribution in [-0.4, -0.2) is 58.4 Å². The summed E-state index contributed by atoms with van der Waals surface area (Å²) in [6, 6.07) is 4.61. The Labute approximate surface area is 120 Å². The number of morpholine rings is 1. The molecule has 1 saturated heterocycles. The van der Waals surface area contributed by atoms with Gasteiger partial charge >= 0.3 is 11.7 Å². The van der Waals surface area contributed by atoms with Crippen LogP contribution in [0.5, 0.6) is 0 Å². The van der Waals surface area contributed by atoms with Gasteiger partial charge in [0, 0.05) is 13.1 Å². The first-order chi connectivity index (χ1) is 10.0. The first-order valence-electron chi connectivity index (χ1n) is 6.80. The number of rotatable bonds is 3. The highest BCUT2D eigenvalue weighted by molar-refractivity contribution is 5.92. The number of hydrogen-bond donors (Lipinski definition) is 2. The average Bonchev–Trinajstić information content (AvgIpc) is 2.74. The van der Waals surface area contributed by atoms with Crippen molar-refractivity contribution < 1.29 is 14.6 Å². The Morgan fingerprint density at radius 3 is 3.05 bits per heavy atom. The van der Waals surface area contributed by atoms with Crippen LogP contribution in [0.3, 0.4) is 0 Å². The van der Waals surface area contributed by atoms with Crippen molar-refractivity contribution in [3.63, 3.8) is 0 Å². The second-order valence-corrected chi connectivity index (χ2v) is 5.33. The molecule has 3 rings (SSSR count). The van der Waals surface area contributed by atoms with Gasteiger partial charge in [0.25, 0.3) is 0 Å². The second kappa shape index (κ2) is 5.34. The molecule has 1 aliphatic rings. The number of imidazole rings is 1. The molecule has 7 nitrogen and oxygen atoms in total. The third kappa shape index (κ3) is 2.70. The molecule has 1 atom stereocenters. The third-order valence-electron chi connectivity index (χ3n) is 3.75. The minimum atomic E-state index is -1.01. The summed E-state index contributed by atoms with van der Waals surface area (Å²) in [6.45, 7) is 2.67. The number of hydrogen-bond acceptors (Lipinski definition) is 4. The molecule has 1 aromatic carbocycles. The maximum absolute atomic E-state index is 12.1. The second-order valence-electron chi connectivity index (χ2n) is 5.33. The number of nitrogens with zero attached hydrogens (tertiary/aromatic N) is 2. The summed E-state index contributed by atoms with van der Waals surface area (Å²) in [5.74, 6) is -1.01. The molecule has 0 saturated carbocycles. The summed E-state index contributed by atoms with van der Waals surface area (Å²) in [6.07, 6.45) is -0.0751. The van der Waals surface area contributed by atoms with Crippen LogP contribution >= 0.6 is 0 Å². The molecule has 1 aromatic heterocycles. The zero-order valence-electron chi connectivity index (χ0n) is 11.7. The van der Waals surface area contributed by atoms with Gasteiger partial charge in [0.2, 0.25) is 0 Å². The topological polar surface area (TPSA) is 87.6 Å². The van der Waals surface area contributed by atoms with Crippen molar-refractivity contribution in [3.05, 3.63) is 34.2 Å². The highest BCUT2D eigenvalue weighted by Gasteiger charge is 2.20. The van der Waals surface area contributed by atoms with E-state index in [9.17, 15) is 9.59 Å². The first-order valence-corrected chi connectivity index (χ1v) is 6.80. The Morgan fingerprint density at radius 1 is 1.52 bits per heavy atom. The number of aromatic nitrogens is 2. The molecule has 0 amide bonds. The number of carboxylic acid groups (broad SMARTS) is 1. The fourth-order valence-corrected chi connectivity index (χ4v) is 2.65. The summed E-state index contributed by atoms with van der Waals surface area (Å²) in [4.78, 5) is 28.0. The highest BCUT2D eigenvalue weighted by Crippen LogP contribution is 2.15. The molecule has 0 aliphatic carbocycles. The fourth-order valence-electron chi connectivity index (χ4n) is 2.65. The van der Waals surface area contributed by atoms with E-state index in [1.807, 2.05) is 7.05 Å². The van der Waals surface area contributed by atoms with E-state index in [2.05, 4.69) is 9.88 Å². The van der Waals surface area contributed by atoms with Crippen LogP contribution in [0.15, 0.2) is 23.0 Å². The van der Waals surface area contributed by atoms with Gasteiger partial charge in [0.05, 0.1) is 35.9 Å². The summed E-state index contributed by atoms with van der Waals surface area (Å²) >= 11 is 0. The quantitative estimate of drug-likeness (QED) is 0.852. The maximum atomic E-state index is 12.1. The van der Waals surface area contributed by atoms with E-state index in [1.54, 1.807) is 10.6 Å². The number of aromatic carboxylic acids is 1. The molecule has 0 spiro atoms. The fraction of sp³-hybridized carbons (Fsp3) is 0.429. The van der Waals surface area contributed by atoms with Gasteiger partial charge in [-0.25, -0.2) is 9.59 Å². The molecule has 0 radical (unpaired) electrons. The summed E-state index contributed by atoms with van der Waals surface area (Å²) in [5.41, 5.74) is 1.15. The molecule has 112 valence electrons. The number of ether oxygens (including phenoxy) is 1. The van der Waals surface area contributed by atoms with E-state index in [4.69, 9.17) is 9.84 Å². The zero-order valence-corrected chi connectivity index (χ0v) is 11.7. The van der Waals surface area contributed by atoms with Gasteiger partial charge in [-0.1, -0.05) is 0 Å². The van der Waals surface area contributed by atoms with Crippen molar-refractivity contribution in [2.24, 2.45) is 0 Å². The lowest BCUT2D eigenvalue weighted by Gasteiger charge is -2.30. The largest absolute Gasteiger partial charge is 0.478 e. The summed E-state index contributed by atoms with van der Waals surface area (Å²) in [5, 5.41) is 9.07. The highest BCUT2D eigenvalue weighted by atomic mass is 16.5. The first kappa shape index (κ1) is 13.8. The Kier molecular flexibility index (Phi) is 3.52.